The molecule has 0 aliphatic carbocycles. The van der Waals surface area contributed by atoms with Gasteiger partial charge in [-0.05, 0) is 24.0 Å². The van der Waals surface area contributed by atoms with Crippen molar-refractivity contribution in [3.05, 3.63) is 57.1 Å². The number of aromatic hydroxyl groups is 1. The molecule has 0 saturated carbocycles. The van der Waals surface area contributed by atoms with Crippen LogP contribution in [0.25, 0.3) is 0 Å². The van der Waals surface area contributed by atoms with Gasteiger partial charge in [-0.25, -0.2) is 0 Å². The van der Waals surface area contributed by atoms with Crippen LogP contribution in [0.3, 0.4) is 0 Å². The first-order valence-corrected chi connectivity index (χ1v) is 6.35. The Bertz CT molecular complexity index is 645. The lowest BCUT2D eigenvalue weighted by molar-refractivity contribution is 0.436. The maximum atomic E-state index is 11.9. The lowest BCUT2D eigenvalue weighted by atomic mass is 10.0. The number of rotatable bonds is 3. The maximum absolute atomic E-state index is 11.9. The molecule has 1 heterocycles. The maximum Gasteiger partial charge on any atom is 0.258 e. The zero-order chi connectivity index (χ0) is 14.0. The van der Waals surface area contributed by atoms with Crippen LogP contribution in [-0.4, -0.2) is 15.1 Å². The first kappa shape index (κ1) is 13.3. The van der Waals surface area contributed by atoms with Gasteiger partial charge in [0.2, 0.25) is 5.88 Å². The average Bonchev–Trinajstić information content (AvgIpc) is 2.30. The number of nitrogens with one attached hydrogen (secondary N) is 1. The highest BCUT2D eigenvalue weighted by atomic mass is 16.3. The third-order valence-electron chi connectivity index (χ3n) is 3.18. The van der Waals surface area contributed by atoms with Gasteiger partial charge in [0.1, 0.15) is 5.82 Å². The summed E-state index contributed by atoms with van der Waals surface area (Å²) in [6, 6.07) is 7.91. The van der Waals surface area contributed by atoms with Gasteiger partial charge in [0.05, 0.1) is 5.56 Å². The number of H-pyrrole nitrogens is 1. The molecule has 0 amide bonds. The van der Waals surface area contributed by atoms with Crippen molar-refractivity contribution < 1.29 is 5.11 Å². The zero-order valence-electron chi connectivity index (χ0n) is 11.4. The van der Waals surface area contributed by atoms with Crippen LogP contribution in [0.2, 0.25) is 0 Å². The van der Waals surface area contributed by atoms with Gasteiger partial charge >= 0.3 is 0 Å². The predicted octanol–water partition coefficient (Wildman–Crippen LogP) is 2.50. The normalized spacial score (nSPS) is 10.9. The zero-order valence-corrected chi connectivity index (χ0v) is 11.4. The van der Waals surface area contributed by atoms with E-state index in [-0.39, 0.29) is 17.4 Å². The van der Waals surface area contributed by atoms with Crippen LogP contribution in [0.5, 0.6) is 5.88 Å². The summed E-state index contributed by atoms with van der Waals surface area (Å²) in [5, 5.41) is 9.86. The second-order valence-electron chi connectivity index (χ2n) is 5.01. The summed E-state index contributed by atoms with van der Waals surface area (Å²) in [4.78, 5) is 18.8. The van der Waals surface area contributed by atoms with Crippen molar-refractivity contribution in [1.82, 2.24) is 9.97 Å². The Labute approximate surface area is 112 Å². The number of hydrogen-bond donors (Lipinski definition) is 2. The third kappa shape index (κ3) is 2.84. The molecule has 2 aromatic rings. The van der Waals surface area contributed by atoms with E-state index < -0.39 is 0 Å². The minimum Gasteiger partial charge on any atom is -0.493 e. The summed E-state index contributed by atoms with van der Waals surface area (Å²) in [6.07, 6.45) is 0.508. The van der Waals surface area contributed by atoms with Crippen molar-refractivity contribution >= 4 is 0 Å². The van der Waals surface area contributed by atoms with Gasteiger partial charge < -0.3 is 10.1 Å². The van der Waals surface area contributed by atoms with Crippen LogP contribution >= 0.6 is 0 Å². The summed E-state index contributed by atoms with van der Waals surface area (Å²) in [7, 11) is 0. The standard InChI is InChI=1S/C15H18N2O2/c1-9(2)13-14(18)16-12(17-15(13)19)8-11-7-5-4-6-10(11)3/h4-7,9H,8H2,1-3H3,(H2,16,17,18,19). The van der Waals surface area contributed by atoms with Crippen LogP contribution in [0.4, 0.5) is 0 Å². The summed E-state index contributed by atoms with van der Waals surface area (Å²) in [6.45, 7) is 5.72. The molecule has 4 nitrogen and oxygen atoms in total. The first-order chi connectivity index (χ1) is 8.99. The molecule has 0 atom stereocenters. The highest BCUT2D eigenvalue weighted by molar-refractivity contribution is 5.30. The van der Waals surface area contributed by atoms with E-state index in [2.05, 4.69) is 9.97 Å². The number of benzene rings is 1. The molecule has 0 saturated heterocycles. The minimum absolute atomic E-state index is 0.0521. The molecule has 0 aliphatic heterocycles. The SMILES string of the molecule is Cc1ccccc1Cc1nc(O)c(C(C)C)c(=O)[nH]1. The largest absolute Gasteiger partial charge is 0.493 e. The fourth-order valence-electron chi connectivity index (χ4n) is 2.11. The predicted molar refractivity (Wildman–Crippen MR) is 74.6 cm³/mol. The van der Waals surface area contributed by atoms with Crippen LogP contribution in [-0.2, 0) is 6.42 Å². The molecular formula is C15H18N2O2. The van der Waals surface area contributed by atoms with Crippen LogP contribution in [0, 0.1) is 6.92 Å². The number of nitrogens with zero attached hydrogens (tertiary/aromatic N) is 1. The van der Waals surface area contributed by atoms with Crippen molar-refractivity contribution in [3.8, 4) is 5.88 Å². The van der Waals surface area contributed by atoms with E-state index in [1.54, 1.807) is 0 Å². The Hall–Kier alpha value is -2.10. The smallest absolute Gasteiger partial charge is 0.258 e. The first-order valence-electron chi connectivity index (χ1n) is 6.35. The molecule has 0 unspecified atom stereocenters. The summed E-state index contributed by atoms with van der Waals surface area (Å²) < 4.78 is 0. The van der Waals surface area contributed by atoms with Crippen LogP contribution in [0.15, 0.2) is 29.1 Å². The summed E-state index contributed by atoms with van der Waals surface area (Å²) in [5.41, 5.74) is 2.31. The Morgan fingerprint density at radius 1 is 1.32 bits per heavy atom. The van der Waals surface area contributed by atoms with Gasteiger partial charge in [-0.1, -0.05) is 38.1 Å². The average molecular weight is 258 g/mol. The number of hydrogen-bond acceptors (Lipinski definition) is 3. The highest BCUT2D eigenvalue weighted by Crippen LogP contribution is 2.19. The van der Waals surface area contributed by atoms with Crippen molar-refractivity contribution in [1.29, 1.82) is 0 Å². The van der Waals surface area contributed by atoms with Gasteiger partial charge in [-0.15, -0.1) is 0 Å². The Kier molecular flexibility index (Phi) is 3.69. The molecule has 2 N–H and O–H groups in total. The van der Waals surface area contributed by atoms with Crippen molar-refractivity contribution in [2.45, 2.75) is 33.1 Å². The van der Waals surface area contributed by atoms with E-state index in [1.165, 1.54) is 0 Å². The fraction of sp³-hybridized carbons (Fsp3) is 0.333. The van der Waals surface area contributed by atoms with E-state index in [9.17, 15) is 9.90 Å². The monoisotopic (exact) mass is 258 g/mol. The van der Waals surface area contributed by atoms with Crippen LogP contribution in [0.1, 0.15) is 42.3 Å². The third-order valence-corrected chi connectivity index (χ3v) is 3.18. The molecule has 2 rings (SSSR count). The lowest BCUT2D eigenvalue weighted by Gasteiger charge is -2.09. The van der Waals surface area contributed by atoms with Crippen molar-refractivity contribution in [3.63, 3.8) is 0 Å². The summed E-state index contributed by atoms with van der Waals surface area (Å²) >= 11 is 0. The Morgan fingerprint density at radius 2 is 2.00 bits per heavy atom. The topological polar surface area (TPSA) is 66.0 Å². The Morgan fingerprint density at radius 3 is 2.58 bits per heavy atom. The van der Waals surface area contributed by atoms with Gasteiger partial charge in [-0.3, -0.25) is 4.79 Å². The summed E-state index contributed by atoms with van der Waals surface area (Å²) in [5.74, 6) is 0.271. The van der Waals surface area contributed by atoms with Crippen LogP contribution < -0.4 is 5.56 Å². The van der Waals surface area contributed by atoms with Gasteiger partial charge in [0, 0.05) is 6.42 Å². The number of aromatic nitrogens is 2. The fourth-order valence-corrected chi connectivity index (χ4v) is 2.11. The number of aryl methyl sites for hydroxylation is 1. The van der Waals surface area contributed by atoms with E-state index >= 15 is 0 Å². The van der Waals surface area contributed by atoms with Gasteiger partial charge in [0.25, 0.3) is 5.56 Å². The molecule has 1 aromatic heterocycles. The quantitative estimate of drug-likeness (QED) is 0.889. The molecule has 4 heteroatoms. The molecule has 1 aromatic carbocycles. The highest BCUT2D eigenvalue weighted by Gasteiger charge is 2.14. The molecule has 0 fully saturated rings. The lowest BCUT2D eigenvalue weighted by Crippen LogP contribution is -2.18. The minimum atomic E-state index is -0.258. The van der Waals surface area contributed by atoms with Crippen molar-refractivity contribution in [2.24, 2.45) is 0 Å². The second kappa shape index (κ2) is 5.26. The van der Waals surface area contributed by atoms with Crippen molar-refractivity contribution in [2.75, 3.05) is 0 Å². The second-order valence-corrected chi connectivity index (χ2v) is 5.01. The van der Waals surface area contributed by atoms with E-state index in [1.807, 2.05) is 45.0 Å². The van der Waals surface area contributed by atoms with E-state index in [0.29, 0.717) is 17.8 Å². The molecular weight excluding hydrogens is 240 g/mol. The molecule has 0 radical (unpaired) electrons. The Balaban J connectivity index is 2.38. The van der Waals surface area contributed by atoms with Gasteiger partial charge in [-0.2, -0.15) is 4.98 Å². The molecule has 0 aliphatic rings. The molecule has 19 heavy (non-hydrogen) atoms. The molecule has 0 bridgehead atoms. The van der Waals surface area contributed by atoms with E-state index in [4.69, 9.17) is 0 Å². The van der Waals surface area contributed by atoms with Gasteiger partial charge in [0.15, 0.2) is 0 Å². The van der Waals surface area contributed by atoms with E-state index in [0.717, 1.165) is 11.1 Å². The molecule has 100 valence electrons. The molecule has 0 spiro atoms. The number of aromatic amines is 1.